The predicted molar refractivity (Wildman–Crippen MR) is 71.0 cm³/mol. The maximum atomic E-state index is 11.5. The molecule has 0 fully saturated rings. The van der Waals surface area contributed by atoms with Gasteiger partial charge in [0.05, 0.1) is 0 Å². The lowest BCUT2D eigenvalue weighted by atomic mass is 9.89. The largest absolute Gasteiger partial charge is 0.396 e. The van der Waals surface area contributed by atoms with E-state index in [1.165, 1.54) is 0 Å². The van der Waals surface area contributed by atoms with Gasteiger partial charge in [0.2, 0.25) is 0 Å². The van der Waals surface area contributed by atoms with E-state index in [1.807, 2.05) is 34.6 Å². The second kappa shape index (κ2) is 6.84. The molecule has 2 amide bonds. The monoisotopic (exact) mass is 244 g/mol. The molecular formula is C13H28N2O2. The Morgan fingerprint density at radius 3 is 2.29 bits per heavy atom. The number of hydrogen-bond acceptors (Lipinski definition) is 2. The van der Waals surface area contributed by atoms with Crippen LogP contribution in [0, 0.1) is 5.41 Å². The molecule has 0 aliphatic heterocycles. The maximum Gasteiger partial charge on any atom is 0.315 e. The fraction of sp³-hybridized carbons (Fsp3) is 0.923. The van der Waals surface area contributed by atoms with Crippen LogP contribution in [0.1, 0.15) is 53.9 Å². The van der Waals surface area contributed by atoms with Gasteiger partial charge >= 0.3 is 6.03 Å². The van der Waals surface area contributed by atoms with Crippen LogP contribution < -0.4 is 10.6 Å². The standard InChI is InChI=1S/C13H28N2O2/c1-6-13(4,5)15-11(17)14-9-7-8-12(2,3)10-16/h16H,6-10H2,1-5H3,(H2,14,15,17). The van der Waals surface area contributed by atoms with Crippen LogP contribution in [0.5, 0.6) is 0 Å². The Morgan fingerprint density at radius 2 is 1.82 bits per heavy atom. The van der Waals surface area contributed by atoms with Crippen molar-refractivity contribution in [3.05, 3.63) is 0 Å². The average molecular weight is 244 g/mol. The van der Waals surface area contributed by atoms with Gasteiger partial charge in [-0.15, -0.1) is 0 Å². The van der Waals surface area contributed by atoms with Crippen molar-refractivity contribution in [1.82, 2.24) is 10.6 Å². The third-order valence-corrected chi connectivity index (χ3v) is 3.08. The van der Waals surface area contributed by atoms with E-state index in [1.54, 1.807) is 0 Å². The summed E-state index contributed by atoms with van der Waals surface area (Å²) in [6, 6.07) is -0.112. The molecule has 0 saturated carbocycles. The van der Waals surface area contributed by atoms with Crippen LogP contribution in [0.15, 0.2) is 0 Å². The molecule has 0 atom stereocenters. The molecule has 102 valence electrons. The van der Waals surface area contributed by atoms with Crippen LogP contribution in [0.25, 0.3) is 0 Å². The zero-order chi connectivity index (χ0) is 13.5. The van der Waals surface area contributed by atoms with Crippen LogP contribution in [0.2, 0.25) is 0 Å². The Morgan fingerprint density at radius 1 is 1.24 bits per heavy atom. The number of aliphatic hydroxyl groups excluding tert-OH is 1. The molecule has 0 saturated heterocycles. The summed E-state index contributed by atoms with van der Waals surface area (Å²) in [6.07, 6.45) is 2.69. The first-order valence-electron chi connectivity index (χ1n) is 6.39. The predicted octanol–water partition coefficient (Wildman–Crippen LogP) is 2.27. The molecule has 0 spiro atoms. The Kier molecular flexibility index (Phi) is 6.53. The van der Waals surface area contributed by atoms with Gasteiger partial charge in [0.15, 0.2) is 0 Å². The van der Waals surface area contributed by atoms with E-state index in [0.29, 0.717) is 6.54 Å². The van der Waals surface area contributed by atoms with Crippen LogP contribution in [0.3, 0.4) is 0 Å². The Hall–Kier alpha value is -0.770. The van der Waals surface area contributed by atoms with Gasteiger partial charge in [0.1, 0.15) is 0 Å². The van der Waals surface area contributed by atoms with E-state index in [2.05, 4.69) is 10.6 Å². The fourth-order valence-corrected chi connectivity index (χ4v) is 1.29. The molecule has 4 heteroatoms. The summed E-state index contributed by atoms with van der Waals surface area (Å²) in [7, 11) is 0. The molecule has 0 radical (unpaired) electrons. The summed E-state index contributed by atoms with van der Waals surface area (Å²) in [5.41, 5.74) is -0.213. The zero-order valence-electron chi connectivity index (χ0n) is 11.9. The van der Waals surface area contributed by atoms with Crippen molar-refractivity contribution in [2.45, 2.75) is 59.4 Å². The van der Waals surface area contributed by atoms with Crippen molar-refractivity contribution >= 4 is 6.03 Å². The van der Waals surface area contributed by atoms with Gasteiger partial charge in [0, 0.05) is 18.7 Å². The molecule has 4 nitrogen and oxygen atoms in total. The first-order valence-corrected chi connectivity index (χ1v) is 6.39. The average Bonchev–Trinajstić information content (AvgIpc) is 2.24. The minimum atomic E-state index is -0.158. The molecular weight excluding hydrogens is 216 g/mol. The highest BCUT2D eigenvalue weighted by molar-refractivity contribution is 5.74. The number of rotatable bonds is 7. The number of aliphatic hydroxyl groups is 1. The number of urea groups is 1. The summed E-state index contributed by atoms with van der Waals surface area (Å²) in [5, 5.41) is 14.8. The summed E-state index contributed by atoms with van der Waals surface area (Å²) < 4.78 is 0. The highest BCUT2D eigenvalue weighted by Crippen LogP contribution is 2.20. The van der Waals surface area contributed by atoms with Gasteiger partial charge in [-0.1, -0.05) is 20.8 Å². The lowest BCUT2D eigenvalue weighted by Crippen LogP contribution is -2.48. The fourth-order valence-electron chi connectivity index (χ4n) is 1.29. The minimum absolute atomic E-state index is 0.0547. The van der Waals surface area contributed by atoms with E-state index >= 15 is 0 Å². The Balaban J connectivity index is 3.73. The van der Waals surface area contributed by atoms with Gasteiger partial charge in [-0.05, 0) is 38.5 Å². The normalized spacial score (nSPS) is 12.4. The van der Waals surface area contributed by atoms with Crippen LogP contribution in [0.4, 0.5) is 4.79 Å². The lowest BCUT2D eigenvalue weighted by molar-refractivity contribution is 0.148. The molecule has 3 N–H and O–H groups in total. The lowest BCUT2D eigenvalue weighted by Gasteiger charge is -2.25. The molecule has 0 aliphatic rings. The Labute approximate surface area is 105 Å². The Bertz CT molecular complexity index is 238. The van der Waals surface area contributed by atoms with Gasteiger partial charge in [-0.3, -0.25) is 0 Å². The highest BCUT2D eigenvalue weighted by atomic mass is 16.3. The second-order valence-corrected chi connectivity index (χ2v) is 6.04. The van der Waals surface area contributed by atoms with Gasteiger partial charge < -0.3 is 15.7 Å². The van der Waals surface area contributed by atoms with Crippen molar-refractivity contribution in [2.24, 2.45) is 5.41 Å². The number of carbonyl (C=O) groups is 1. The first-order chi connectivity index (χ1) is 7.72. The highest BCUT2D eigenvalue weighted by Gasteiger charge is 2.18. The van der Waals surface area contributed by atoms with E-state index in [0.717, 1.165) is 19.3 Å². The first kappa shape index (κ1) is 16.2. The van der Waals surface area contributed by atoms with Crippen molar-refractivity contribution < 1.29 is 9.90 Å². The smallest absolute Gasteiger partial charge is 0.315 e. The zero-order valence-corrected chi connectivity index (χ0v) is 11.9. The van der Waals surface area contributed by atoms with Crippen molar-refractivity contribution in [3.63, 3.8) is 0 Å². The summed E-state index contributed by atoms with van der Waals surface area (Å²) in [6.45, 7) is 10.9. The molecule has 0 rings (SSSR count). The van der Waals surface area contributed by atoms with Crippen LogP contribution in [-0.2, 0) is 0 Å². The quantitative estimate of drug-likeness (QED) is 0.602. The number of nitrogens with one attached hydrogen (secondary N) is 2. The number of hydrogen-bond donors (Lipinski definition) is 3. The van der Waals surface area contributed by atoms with E-state index in [4.69, 9.17) is 5.11 Å². The topological polar surface area (TPSA) is 61.4 Å². The molecule has 0 unspecified atom stereocenters. The SMILES string of the molecule is CCC(C)(C)NC(=O)NCCCC(C)(C)CO. The molecule has 0 aliphatic carbocycles. The molecule has 17 heavy (non-hydrogen) atoms. The van der Waals surface area contributed by atoms with E-state index < -0.39 is 0 Å². The molecule has 0 aromatic carbocycles. The minimum Gasteiger partial charge on any atom is -0.396 e. The number of carbonyl (C=O) groups excluding carboxylic acids is 1. The van der Waals surface area contributed by atoms with Crippen molar-refractivity contribution in [2.75, 3.05) is 13.2 Å². The van der Waals surface area contributed by atoms with Crippen LogP contribution in [-0.4, -0.2) is 29.8 Å². The van der Waals surface area contributed by atoms with Crippen molar-refractivity contribution in [1.29, 1.82) is 0 Å². The molecule has 0 aromatic heterocycles. The second-order valence-electron chi connectivity index (χ2n) is 6.04. The summed E-state index contributed by atoms with van der Waals surface area (Å²) in [5.74, 6) is 0. The summed E-state index contributed by atoms with van der Waals surface area (Å²) >= 11 is 0. The van der Waals surface area contributed by atoms with E-state index in [-0.39, 0.29) is 23.6 Å². The third-order valence-electron chi connectivity index (χ3n) is 3.08. The number of amides is 2. The van der Waals surface area contributed by atoms with Gasteiger partial charge in [-0.2, -0.15) is 0 Å². The molecule has 0 heterocycles. The molecule has 0 bridgehead atoms. The van der Waals surface area contributed by atoms with Crippen molar-refractivity contribution in [3.8, 4) is 0 Å². The van der Waals surface area contributed by atoms with Gasteiger partial charge in [0.25, 0.3) is 0 Å². The van der Waals surface area contributed by atoms with E-state index in [9.17, 15) is 4.79 Å². The summed E-state index contributed by atoms with van der Waals surface area (Å²) in [4.78, 5) is 11.5. The molecule has 0 aromatic rings. The third kappa shape index (κ3) is 8.02. The maximum absolute atomic E-state index is 11.5. The van der Waals surface area contributed by atoms with Crippen LogP contribution >= 0.6 is 0 Å². The van der Waals surface area contributed by atoms with Gasteiger partial charge in [-0.25, -0.2) is 4.79 Å².